The lowest BCUT2D eigenvalue weighted by molar-refractivity contribution is -0.277. The van der Waals surface area contributed by atoms with E-state index < -0.39 is 60.5 Å². The van der Waals surface area contributed by atoms with Crippen molar-refractivity contribution in [1.29, 1.82) is 0 Å². The average Bonchev–Trinajstić information content (AvgIpc) is 2.99. The Bertz CT molecular complexity index is 1690. The van der Waals surface area contributed by atoms with Crippen LogP contribution in [0.15, 0.2) is 65.1 Å². The summed E-state index contributed by atoms with van der Waals surface area (Å²) in [5.41, 5.74) is 0.423. The highest BCUT2D eigenvalue weighted by molar-refractivity contribution is 5.94. The Morgan fingerprint density at radius 1 is 0.841 bits per heavy atom. The summed E-state index contributed by atoms with van der Waals surface area (Å²) in [4.78, 5) is 12.7. The van der Waals surface area contributed by atoms with Crippen LogP contribution in [0.1, 0.15) is 5.56 Å². The predicted molar refractivity (Wildman–Crippen MR) is 150 cm³/mol. The average molecular weight is 612 g/mol. The summed E-state index contributed by atoms with van der Waals surface area (Å²) in [6.45, 7) is -0.740. The molecule has 0 amide bonds. The van der Waals surface area contributed by atoms with Crippen molar-refractivity contribution in [3.8, 4) is 51.6 Å². The number of aliphatic hydroxyl groups is 4. The number of rotatable bonds is 7. The maximum Gasteiger partial charge on any atom is 0.402 e. The summed E-state index contributed by atoms with van der Waals surface area (Å²) in [5, 5.41) is 90.4. The van der Waals surface area contributed by atoms with E-state index in [1.54, 1.807) is 12.1 Å². The molecule has 14 heteroatoms. The molecule has 0 spiro atoms. The molecule has 0 radical (unpaired) electrons. The third-order valence-electron chi connectivity index (χ3n) is 6.74. The molecule has 1 saturated heterocycles. The lowest BCUT2D eigenvalue weighted by Gasteiger charge is -2.39. The normalized spacial score (nSPS) is 21.9. The van der Waals surface area contributed by atoms with Crippen LogP contribution in [0.2, 0.25) is 0 Å². The van der Waals surface area contributed by atoms with Crippen molar-refractivity contribution in [3.63, 3.8) is 0 Å². The number of phenolic OH excluding ortho intramolecular Hbond substituents is 5. The van der Waals surface area contributed by atoms with Crippen LogP contribution in [-0.2, 0) is 9.53 Å². The molecule has 5 atom stereocenters. The van der Waals surface area contributed by atoms with Crippen LogP contribution < -0.4 is 9.47 Å². The molecule has 230 valence electrons. The van der Waals surface area contributed by atoms with E-state index in [0.29, 0.717) is 5.56 Å². The number of benzene rings is 3. The Hall–Kier alpha value is -5.12. The molecule has 44 heavy (non-hydrogen) atoms. The number of ether oxygens (including phenoxy) is 3. The van der Waals surface area contributed by atoms with Crippen LogP contribution in [0.25, 0.3) is 28.4 Å². The molecular weight excluding hydrogens is 584 g/mol. The summed E-state index contributed by atoms with van der Waals surface area (Å²) < 4.78 is 22.6. The lowest BCUT2D eigenvalue weighted by atomic mass is 9.99. The van der Waals surface area contributed by atoms with E-state index in [4.69, 9.17) is 18.6 Å². The summed E-state index contributed by atoms with van der Waals surface area (Å²) in [6.07, 6.45) is -5.80. The van der Waals surface area contributed by atoms with E-state index >= 15 is 0 Å². The molecule has 9 N–H and O–H groups in total. The van der Waals surface area contributed by atoms with Gasteiger partial charge in [-0.05, 0) is 23.8 Å². The fraction of sp³-hybridized carbons (Fsp3) is 0.200. The second-order valence-corrected chi connectivity index (χ2v) is 9.82. The van der Waals surface area contributed by atoms with Crippen LogP contribution in [0.4, 0.5) is 0 Å². The minimum absolute atomic E-state index is 0.0403. The molecular formula is C30H27O14+. The number of fused-ring (bicyclic) bond motifs is 1. The number of hydrogen-bond acceptors (Lipinski definition) is 13. The van der Waals surface area contributed by atoms with Gasteiger partial charge in [0, 0.05) is 30.3 Å². The first kappa shape index (κ1) is 30.3. The maximum atomic E-state index is 12.7. The molecule has 3 aromatic carbocycles. The zero-order valence-electron chi connectivity index (χ0n) is 22.5. The minimum Gasteiger partial charge on any atom is -0.508 e. The van der Waals surface area contributed by atoms with Gasteiger partial charge in [-0.25, -0.2) is 9.21 Å². The first-order valence-electron chi connectivity index (χ1n) is 13.0. The van der Waals surface area contributed by atoms with Crippen molar-refractivity contribution < 1.29 is 69.4 Å². The molecule has 1 aliphatic rings. The number of hydrogen-bond donors (Lipinski definition) is 9. The molecule has 0 saturated carbocycles. The Balaban J connectivity index is 1.59. The predicted octanol–water partition coefficient (Wildman–Crippen LogP) is 1.71. The number of carbonyl (C=O) groups excluding carboxylic acids is 1. The van der Waals surface area contributed by atoms with Gasteiger partial charge in [-0.15, -0.1) is 0 Å². The van der Waals surface area contributed by atoms with Crippen LogP contribution in [0.3, 0.4) is 0 Å². The van der Waals surface area contributed by atoms with E-state index in [2.05, 4.69) is 0 Å². The van der Waals surface area contributed by atoms with Gasteiger partial charge in [0.25, 0.3) is 0 Å². The Morgan fingerprint density at radius 2 is 1.52 bits per heavy atom. The summed E-state index contributed by atoms with van der Waals surface area (Å²) in [7, 11) is 0. The molecule has 1 aliphatic heterocycles. The highest BCUT2D eigenvalue weighted by Crippen LogP contribution is 2.45. The molecule has 1 fully saturated rings. The molecule has 14 nitrogen and oxygen atoms in total. The zero-order chi connectivity index (χ0) is 31.7. The monoisotopic (exact) mass is 611 g/mol. The second-order valence-electron chi connectivity index (χ2n) is 9.82. The molecule has 0 aliphatic carbocycles. The minimum atomic E-state index is -1.83. The van der Waals surface area contributed by atoms with Crippen molar-refractivity contribution in [2.75, 3.05) is 6.61 Å². The lowest BCUT2D eigenvalue weighted by Crippen LogP contribution is -2.60. The van der Waals surface area contributed by atoms with Gasteiger partial charge in [0.1, 0.15) is 41.3 Å². The molecule has 2 heterocycles. The smallest absolute Gasteiger partial charge is 0.402 e. The molecule has 0 unspecified atom stereocenters. The molecule has 4 aromatic rings. The van der Waals surface area contributed by atoms with Gasteiger partial charge in [-0.1, -0.05) is 12.1 Å². The largest absolute Gasteiger partial charge is 0.508 e. The highest BCUT2D eigenvalue weighted by atomic mass is 16.7. The quantitative estimate of drug-likeness (QED) is 0.0475. The van der Waals surface area contributed by atoms with Gasteiger partial charge in [-0.3, -0.25) is 0 Å². The van der Waals surface area contributed by atoms with Gasteiger partial charge in [0.2, 0.25) is 12.0 Å². The summed E-state index contributed by atoms with van der Waals surface area (Å²) in [5.74, 6) is -4.23. The third-order valence-corrected chi connectivity index (χ3v) is 6.74. The van der Waals surface area contributed by atoms with Gasteiger partial charge >= 0.3 is 17.3 Å². The fourth-order valence-corrected chi connectivity index (χ4v) is 4.46. The Labute approximate surface area is 247 Å². The number of esters is 1. The van der Waals surface area contributed by atoms with Crippen molar-refractivity contribution in [2.24, 2.45) is 0 Å². The van der Waals surface area contributed by atoms with E-state index in [-0.39, 0.29) is 45.3 Å². The Kier molecular flexibility index (Phi) is 8.44. The fourth-order valence-electron chi connectivity index (χ4n) is 4.46. The number of carbonyl (C=O) groups is 1. The van der Waals surface area contributed by atoms with Gasteiger partial charge in [0.15, 0.2) is 23.0 Å². The molecule has 0 bridgehead atoms. The van der Waals surface area contributed by atoms with Gasteiger partial charge in [-0.2, -0.15) is 0 Å². The summed E-state index contributed by atoms with van der Waals surface area (Å²) >= 11 is 0. The van der Waals surface area contributed by atoms with Gasteiger partial charge < -0.3 is 60.2 Å². The summed E-state index contributed by atoms with van der Waals surface area (Å²) in [6, 6.07) is 11.5. The maximum absolute atomic E-state index is 12.7. The van der Waals surface area contributed by atoms with E-state index in [9.17, 15) is 50.8 Å². The number of aliphatic hydroxyl groups excluding tert-OH is 4. The van der Waals surface area contributed by atoms with E-state index in [1.807, 2.05) is 0 Å². The first-order chi connectivity index (χ1) is 20.9. The van der Waals surface area contributed by atoms with Crippen LogP contribution in [-0.4, -0.2) is 89.2 Å². The van der Waals surface area contributed by atoms with Gasteiger partial charge in [0.05, 0.1) is 18.2 Å². The highest BCUT2D eigenvalue weighted by Gasteiger charge is 2.45. The second kappa shape index (κ2) is 12.2. The number of phenols is 5. The SMILES string of the molecule is O=C(C=Cc1ccc(O)cc1)Oc1cc(O)cc2[o+]c(-c3cc(O)c(O)c(O)c3)c(O[C@@H]3O[C@H](CO)[C@@H](O)[C@H](O)[C@H]3O)cc12. The van der Waals surface area contributed by atoms with Crippen molar-refractivity contribution in [3.05, 3.63) is 66.2 Å². The van der Waals surface area contributed by atoms with Crippen molar-refractivity contribution >= 4 is 23.0 Å². The van der Waals surface area contributed by atoms with E-state index in [0.717, 1.165) is 24.3 Å². The number of aromatic hydroxyl groups is 5. The third kappa shape index (κ3) is 6.15. The van der Waals surface area contributed by atoms with Crippen molar-refractivity contribution in [2.45, 2.75) is 30.7 Å². The zero-order valence-corrected chi connectivity index (χ0v) is 22.5. The molecule has 1 aromatic heterocycles. The molecule has 5 rings (SSSR count). The first-order valence-corrected chi connectivity index (χ1v) is 13.0. The van der Waals surface area contributed by atoms with Crippen molar-refractivity contribution in [1.82, 2.24) is 0 Å². The standard InChI is InChI=1S/C30H26O14/c31-12-23-26(38)27(39)28(40)30(44-23)43-22-11-17-20(41-24(36)6-3-13-1-4-15(32)5-2-13)9-16(33)10-21(17)42-29(22)14-7-18(34)25(37)19(35)8-14/h1-11,23,26-28,30-31,38-40H,12H2,(H4-,32,33,34,35,36,37)/p+1/t23-,26-,27+,28-,30-/m1/s1. The van der Waals surface area contributed by atoms with E-state index in [1.165, 1.54) is 30.3 Å². The topological polar surface area (TPSA) is 238 Å². The van der Waals surface area contributed by atoms with Crippen LogP contribution in [0, 0.1) is 0 Å². The van der Waals surface area contributed by atoms with Crippen LogP contribution in [0.5, 0.6) is 40.2 Å². The Morgan fingerprint density at radius 3 is 2.18 bits per heavy atom. The van der Waals surface area contributed by atoms with Crippen LogP contribution >= 0.6 is 0 Å².